The number of aromatic hydroxyl groups is 1. The first kappa shape index (κ1) is 9.72. The molecule has 0 saturated carbocycles. The minimum Gasteiger partial charge on any atom is -0.508 e. The first-order valence-corrected chi connectivity index (χ1v) is 5.26. The molecule has 0 saturated heterocycles. The van der Waals surface area contributed by atoms with Crippen molar-refractivity contribution in [1.82, 2.24) is 9.55 Å². The summed E-state index contributed by atoms with van der Waals surface area (Å²) in [6.45, 7) is 0. The van der Waals surface area contributed by atoms with Gasteiger partial charge in [0.2, 0.25) is 0 Å². The number of nitrogens with two attached hydrogens (primary N) is 1. The van der Waals surface area contributed by atoms with Crippen molar-refractivity contribution >= 4 is 16.7 Å². The number of aromatic nitrogens is 2. The zero-order valence-electron chi connectivity index (χ0n) is 9.04. The van der Waals surface area contributed by atoms with Gasteiger partial charge < -0.3 is 10.8 Å². The summed E-state index contributed by atoms with van der Waals surface area (Å²) in [5.41, 5.74) is 9.06. The van der Waals surface area contributed by atoms with Gasteiger partial charge in [-0.2, -0.15) is 0 Å². The van der Waals surface area contributed by atoms with Crippen molar-refractivity contribution in [2.45, 2.75) is 0 Å². The fraction of sp³-hybridized carbons (Fsp3) is 0. The molecule has 1 aromatic heterocycles. The van der Waals surface area contributed by atoms with Crippen molar-refractivity contribution in [1.29, 1.82) is 0 Å². The Bertz CT molecular complexity index is 671. The second-order valence-corrected chi connectivity index (χ2v) is 3.88. The lowest BCUT2D eigenvalue weighted by molar-refractivity contribution is 0.476. The summed E-state index contributed by atoms with van der Waals surface area (Å²) in [5, 5.41) is 9.50. The van der Waals surface area contributed by atoms with Gasteiger partial charge in [0, 0.05) is 17.4 Å². The van der Waals surface area contributed by atoms with Crippen LogP contribution in [0.25, 0.3) is 16.7 Å². The summed E-state index contributed by atoms with van der Waals surface area (Å²) in [4.78, 5) is 4.28. The van der Waals surface area contributed by atoms with Gasteiger partial charge in [-0.1, -0.05) is 0 Å². The van der Waals surface area contributed by atoms with E-state index in [9.17, 15) is 5.11 Å². The highest BCUT2D eigenvalue weighted by atomic mass is 16.3. The van der Waals surface area contributed by atoms with Crippen LogP contribution in [-0.4, -0.2) is 14.7 Å². The van der Waals surface area contributed by atoms with E-state index < -0.39 is 0 Å². The molecule has 4 nitrogen and oxygen atoms in total. The summed E-state index contributed by atoms with van der Waals surface area (Å²) >= 11 is 0. The number of anilines is 1. The fourth-order valence-corrected chi connectivity index (χ4v) is 1.84. The third-order valence-electron chi connectivity index (χ3n) is 2.70. The molecule has 3 N–H and O–H groups in total. The fourth-order valence-electron chi connectivity index (χ4n) is 1.84. The summed E-state index contributed by atoms with van der Waals surface area (Å²) in [6, 6.07) is 12.6. The third-order valence-corrected chi connectivity index (χ3v) is 2.70. The Labute approximate surface area is 97.9 Å². The molecule has 17 heavy (non-hydrogen) atoms. The molecule has 0 atom stereocenters. The Balaban J connectivity index is 2.23. The number of fused-ring (bicyclic) bond motifs is 1. The molecule has 1 heterocycles. The van der Waals surface area contributed by atoms with Crippen molar-refractivity contribution in [2.24, 2.45) is 0 Å². The van der Waals surface area contributed by atoms with E-state index in [1.165, 1.54) is 0 Å². The number of rotatable bonds is 1. The maximum Gasteiger partial charge on any atom is 0.117 e. The molecule has 0 aliphatic heterocycles. The monoisotopic (exact) mass is 225 g/mol. The van der Waals surface area contributed by atoms with Gasteiger partial charge in [-0.05, 0) is 36.4 Å². The first-order valence-electron chi connectivity index (χ1n) is 5.26. The Hall–Kier alpha value is -2.49. The minimum absolute atomic E-state index is 0.231. The van der Waals surface area contributed by atoms with E-state index in [0.29, 0.717) is 0 Å². The number of imidazole rings is 1. The highest BCUT2D eigenvalue weighted by molar-refractivity contribution is 5.79. The lowest BCUT2D eigenvalue weighted by Crippen LogP contribution is -1.92. The second kappa shape index (κ2) is 3.52. The highest BCUT2D eigenvalue weighted by Crippen LogP contribution is 2.22. The highest BCUT2D eigenvalue weighted by Gasteiger charge is 2.04. The van der Waals surface area contributed by atoms with Crippen LogP contribution in [0.3, 0.4) is 0 Å². The SMILES string of the molecule is Nc1ccc(-n2cnc3ccc(O)cc32)cc1. The number of phenolic OH excluding ortho intramolecular Hbond substituents is 1. The van der Waals surface area contributed by atoms with E-state index in [1.807, 2.05) is 28.8 Å². The van der Waals surface area contributed by atoms with Crippen LogP contribution in [0.5, 0.6) is 5.75 Å². The number of nitrogens with zero attached hydrogens (tertiary/aromatic N) is 2. The molecule has 0 radical (unpaired) electrons. The Morgan fingerprint density at radius 2 is 1.82 bits per heavy atom. The van der Waals surface area contributed by atoms with Gasteiger partial charge in [0.15, 0.2) is 0 Å². The third kappa shape index (κ3) is 1.59. The first-order chi connectivity index (χ1) is 8.24. The van der Waals surface area contributed by atoms with Crippen molar-refractivity contribution in [3.05, 3.63) is 48.8 Å². The molecule has 0 unspecified atom stereocenters. The summed E-state index contributed by atoms with van der Waals surface area (Å²) in [5.74, 6) is 0.231. The van der Waals surface area contributed by atoms with Crippen LogP contribution in [0.1, 0.15) is 0 Å². The quantitative estimate of drug-likeness (QED) is 0.624. The zero-order chi connectivity index (χ0) is 11.8. The van der Waals surface area contributed by atoms with Gasteiger partial charge in [-0.15, -0.1) is 0 Å². The van der Waals surface area contributed by atoms with Crippen molar-refractivity contribution in [2.75, 3.05) is 5.73 Å². The lowest BCUT2D eigenvalue weighted by Gasteiger charge is -2.04. The van der Waals surface area contributed by atoms with Crippen LogP contribution in [0.2, 0.25) is 0 Å². The van der Waals surface area contributed by atoms with E-state index in [0.717, 1.165) is 22.4 Å². The molecule has 3 aromatic rings. The van der Waals surface area contributed by atoms with Gasteiger partial charge in [0.05, 0.1) is 11.0 Å². The Morgan fingerprint density at radius 1 is 1.06 bits per heavy atom. The predicted octanol–water partition coefficient (Wildman–Crippen LogP) is 2.31. The van der Waals surface area contributed by atoms with Crippen LogP contribution in [0, 0.1) is 0 Å². The zero-order valence-corrected chi connectivity index (χ0v) is 9.04. The predicted molar refractivity (Wildman–Crippen MR) is 67.1 cm³/mol. The van der Waals surface area contributed by atoms with Crippen molar-refractivity contribution in [3.63, 3.8) is 0 Å². The molecule has 0 amide bonds. The smallest absolute Gasteiger partial charge is 0.117 e. The Morgan fingerprint density at radius 3 is 2.59 bits per heavy atom. The van der Waals surface area contributed by atoms with E-state index in [2.05, 4.69) is 4.98 Å². The normalized spacial score (nSPS) is 10.8. The molecule has 2 aromatic carbocycles. The van der Waals surface area contributed by atoms with Gasteiger partial charge in [0.1, 0.15) is 12.1 Å². The van der Waals surface area contributed by atoms with Crippen LogP contribution in [0.15, 0.2) is 48.8 Å². The second-order valence-electron chi connectivity index (χ2n) is 3.88. The van der Waals surface area contributed by atoms with E-state index in [1.54, 1.807) is 24.5 Å². The Kier molecular flexibility index (Phi) is 2.01. The summed E-state index contributed by atoms with van der Waals surface area (Å²) in [7, 11) is 0. The molecule has 0 aliphatic carbocycles. The minimum atomic E-state index is 0.231. The van der Waals surface area contributed by atoms with E-state index in [-0.39, 0.29) is 5.75 Å². The number of nitrogen functional groups attached to an aromatic ring is 1. The van der Waals surface area contributed by atoms with Gasteiger partial charge >= 0.3 is 0 Å². The molecule has 84 valence electrons. The van der Waals surface area contributed by atoms with Gasteiger partial charge in [0.25, 0.3) is 0 Å². The van der Waals surface area contributed by atoms with E-state index in [4.69, 9.17) is 5.73 Å². The number of phenols is 1. The number of hydrogen-bond donors (Lipinski definition) is 2. The molecule has 0 bridgehead atoms. The van der Waals surface area contributed by atoms with Crippen molar-refractivity contribution < 1.29 is 5.11 Å². The van der Waals surface area contributed by atoms with Crippen molar-refractivity contribution in [3.8, 4) is 11.4 Å². The van der Waals surface area contributed by atoms with Crippen LogP contribution in [-0.2, 0) is 0 Å². The van der Waals surface area contributed by atoms with Crippen LogP contribution >= 0.6 is 0 Å². The maximum atomic E-state index is 9.50. The standard InChI is InChI=1S/C13H11N3O/c14-9-1-3-10(4-2-9)16-8-15-12-6-5-11(17)7-13(12)16/h1-8,17H,14H2. The van der Waals surface area contributed by atoms with Gasteiger partial charge in [-0.25, -0.2) is 4.98 Å². The lowest BCUT2D eigenvalue weighted by atomic mass is 10.2. The van der Waals surface area contributed by atoms with Gasteiger partial charge in [-0.3, -0.25) is 4.57 Å². The molecule has 0 aliphatic rings. The molecular formula is C13H11N3O. The molecule has 0 fully saturated rings. The average molecular weight is 225 g/mol. The van der Waals surface area contributed by atoms with Crippen LogP contribution < -0.4 is 5.73 Å². The topological polar surface area (TPSA) is 64.1 Å². The molecular weight excluding hydrogens is 214 g/mol. The summed E-state index contributed by atoms with van der Waals surface area (Å²) in [6.07, 6.45) is 1.73. The maximum absolute atomic E-state index is 9.50. The summed E-state index contributed by atoms with van der Waals surface area (Å²) < 4.78 is 1.91. The number of benzene rings is 2. The van der Waals surface area contributed by atoms with Crippen LogP contribution in [0.4, 0.5) is 5.69 Å². The average Bonchev–Trinajstić information content (AvgIpc) is 2.73. The van der Waals surface area contributed by atoms with E-state index >= 15 is 0 Å². The number of hydrogen-bond acceptors (Lipinski definition) is 3. The largest absolute Gasteiger partial charge is 0.508 e. The molecule has 4 heteroatoms. The molecule has 3 rings (SSSR count). The molecule has 0 spiro atoms.